The predicted octanol–water partition coefficient (Wildman–Crippen LogP) is 4.92. The molecule has 0 spiro atoms. The van der Waals surface area contributed by atoms with E-state index in [4.69, 9.17) is 5.11 Å². The van der Waals surface area contributed by atoms with E-state index in [9.17, 15) is 5.11 Å². The summed E-state index contributed by atoms with van der Waals surface area (Å²) in [4.78, 5) is 0. The van der Waals surface area contributed by atoms with Crippen LogP contribution in [0.15, 0.2) is 91.0 Å². The van der Waals surface area contributed by atoms with Crippen molar-refractivity contribution in [3.8, 4) is 0 Å². The van der Waals surface area contributed by atoms with Crippen molar-refractivity contribution in [3.05, 3.63) is 108 Å². The van der Waals surface area contributed by atoms with Crippen molar-refractivity contribution in [2.45, 2.75) is 31.8 Å². The van der Waals surface area contributed by atoms with Crippen molar-refractivity contribution in [1.29, 1.82) is 0 Å². The zero-order valence-corrected chi connectivity index (χ0v) is 15.5. The Labute approximate surface area is 156 Å². The monoisotopic (exact) mass is 348 g/mol. The minimum atomic E-state index is -0.409. The lowest BCUT2D eigenvalue weighted by molar-refractivity contribution is 0.178. The summed E-state index contributed by atoms with van der Waals surface area (Å²) < 4.78 is 0. The van der Waals surface area contributed by atoms with Crippen LogP contribution in [-0.2, 0) is 11.8 Å². The fourth-order valence-corrected chi connectivity index (χ4v) is 2.61. The molecule has 2 heteroatoms. The Morgan fingerprint density at radius 3 is 1.69 bits per heavy atom. The summed E-state index contributed by atoms with van der Waals surface area (Å²) in [5.74, 6) is 0. The van der Waals surface area contributed by atoms with Gasteiger partial charge >= 0.3 is 0 Å². The van der Waals surface area contributed by atoms with Gasteiger partial charge in [0.25, 0.3) is 0 Å². The largest absolute Gasteiger partial charge is 0.395 e. The zero-order chi connectivity index (χ0) is 18.8. The number of hydrogen-bond donors (Lipinski definition) is 2. The molecule has 3 aromatic carbocycles. The molecule has 0 bridgehead atoms. The molecule has 0 radical (unpaired) electrons. The molecule has 0 aliphatic carbocycles. The topological polar surface area (TPSA) is 40.5 Å². The maximum Gasteiger partial charge on any atom is 0.0830 e. The third-order valence-corrected chi connectivity index (χ3v) is 4.41. The van der Waals surface area contributed by atoms with Crippen molar-refractivity contribution < 1.29 is 10.2 Å². The minimum absolute atomic E-state index is 0.110. The van der Waals surface area contributed by atoms with E-state index in [-0.39, 0.29) is 12.0 Å². The number of hydrogen-bond acceptors (Lipinski definition) is 2. The Bertz CT molecular complexity index is 737. The number of aliphatic hydroxyl groups is 2. The molecule has 136 valence electrons. The van der Waals surface area contributed by atoms with Gasteiger partial charge in [0.15, 0.2) is 0 Å². The van der Waals surface area contributed by atoms with Crippen LogP contribution in [0.25, 0.3) is 0 Å². The molecular weight excluding hydrogens is 320 g/mol. The molecule has 1 atom stereocenters. The first-order valence-electron chi connectivity index (χ1n) is 8.96. The van der Waals surface area contributed by atoms with Crippen LogP contribution in [0.5, 0.6) is 0 Å². The lowest BCUT2D eigenvalue weighted by Crippen LogP contribution is -2.21. The highest BCUT2D eigenvalue weighted by molar-refractivity contribution is 5.23. The van der Waals surface area contributed by atoms with Gasteiger partial charge in [-0.3, -0.25) is 0 Å². The van der Waals surface area contributed by atoms with Crippen LogP contribution < -0.4 is 0 Å². The Balaban J connectivity index is 0.000000197. The van der Waals surface area contributed by atoms with E-state index in [1.807, 2.05) is 105 Å². The Morgan fingerprint density at radius 1 is 0.731 bits per heavy atom. The van der Waals surface area contributed by atoms with E-state index in [0.29, 0.717) is 6.42 Å². The van der Waals surface area contributed by atoms with E-state index in [0.717, 1.165) is 11.1 Å². The molecule has 3 rings (SSSR count). The van der Waals surface area contributed by atoms with Crippen molar-refractivity contribution in [2.24, 2.45) is 0 Å². The predicted molar refractivity (Wildman–Crippen MR) is 108 cm³/mol. The first kappa shape index (κ1) is 19.9. The van der Waals surface area contributed by atoms with Gasteiger partial charge in [0.05, 0.1) is 12.7 Å². The van der Waals surface area contributed by atoms with Crippen LogP contribution in [0.1, 0.15) is 36.6 Å². The first-order chi connectivity index (χ1) is 12.5. The fraction of sp³-hybridized carbons (Fsp3) is 0.250. The van der Waals surface area contributed by atoms with Crippen LogP contribution in [0, 0.1) is 0 Å². The molecule has 0 aliphatic rings. The third kappa shape index (κ3) is 6.14. The summed E-state index contributed by atoms with van der Waals surface area (Å²) >= 11 is 0. The Morgan fingerprint density at radius 2 is 1.19 bits per heavy atom. The third-order valence-electron chi connectivity index (χ3n) is 4.41. The van der Waals surface area contributed by atoms with E-state index in [1.54, 1.807) is 0 Å². The smallest absolute Gasteiger partial charge is 0.0830 e. The highest BCUT2D eigenvalue weighted by Crippen LogP contribution is 2.21. The second-order valence-corrected chi connectivity index (χ2v) is 7.02. The van der Waals surface area contributed by atoms with Crippen LogP contribution in [0.4, 0.5) is 0 Å². The zero-order valence-electron chi connectivity index (χ0n) is 15.5. The Hall–Kier alpha value is -2.42. The summed E-state index contributed by atoms with van der Waals surface area (Å²) in [6.45, 7) is 4.25. The molecule has 0 saturated carbocycles. The Kier molecular flexibility index (Phi) is 7.58. The van der Waals surface area contributed by atoms with Crippen molar-refractivity contribution in [1.82, 2.24) is 0 Å². The molecule has 26 heavy (non-hydrogen) atoms. The lowest BCUT2D eigenvalue weighted by atomic mass is 9.86. The summed E-state index contributed by atoms with van der Waals surface area (Å²) in [6.07, 6.45) is 0.263. The van der Waals surface area contributed by atoms with Gasteiger partial charge in [0.2, 0.25) is 0 Å². The fourth-order valence-electron chi connectivity index (χ4n) is 2.61. The van der Waals surface area contributed by atoms with E-state index in [2.05, 4.69) is 0 Å². The van der Waals surface area contributed by atoms with Crippen LogP contribution in [0.3, 0.4) is 0 Å². The maximum atomic E-state index is 9.97. The highest BCUT2D eigenvalue weighted by Gasteiger charge is 2.17. The highest BCUT2D eigenvalue weighted by atomic mass is 16.3. The molecule has 1 unspecified atom stereocenters. The van der Waals surface area contributed by atoms with E-state index < -0.39 is 6.10 Å². The van der Waals surface area contributed by atoms with Gasteiger partial charge in [-0.25, -0.2) is 0 Å². The van der Waals surface area contributed by atoms with E-state index >= 15 is 0 Å². The molecule has 0 fully saturated rings. The molecule has 2 N–H and O–H groups in total. The van der Waals surface area contributed by atoms with Crippen LogP contribution >= 0.6 is 0 Å². The van der Waals surface area contributed by atoms with Crippen molar-refractivity contribution >= 4 is 0 Å². The average Bonchev–Trinajstić information content (AvgIpc) is 2.70. The molecule has 0 aliphatic heterocycles. The summed E-state index contributed by atoms with van der Waals surface area (Å²) in [6, 6.07) is 29.8. The molecule has 0 amide bonds. The van der Waals surface area contributed by atoms with E-state index in [1.165, 1.54) is 5.56 Å². The number of benzene rings is 3. The lowest BCUT2D eigenvalue weighted by Gasteiger charge is -2.21. The second kappa shape index (κ2) is 9.91. The standard InChI is InChI=1S/C14H14O.C10H14O/c15-14(13-9-5-2-6-10-13)11-12-7-3-1-4-8-12;1-10(2,8-11)9-6-4-3-5-7-9/h1-10,14-15H,11H2;3-7,11H,8H2,1-2H3. The average molecular weight is 348 g/mol. The molecule has 0 saturated heterocycles. The minimum Gasteiger partial charge on any atom is -0.395 e. The van der Waals surface area contributed by atoms with Crippen LogP contribution in [-0.4, -0.2) is 16.8 Å². The molecular formula is C24H28O2. The first-order valence-corrected chi connectivity index (χ1v) is 8.96. The normalized spacial score (nSPS) is 12.0. The molecule has 3 aromatic rings. The van der Waals surface area contributed by atoms with Crippen molar-refractivity contribution in [3.63, 3.8) is 0 Å². The van der Waals surface area contributed by atoms with Gasteiger partial charge in [0.1, 0.15) is 0 Å². The van der Waals surface area contributed by atoms with Gasteiger partial charge in [-0.2, -0.15) is 0 Å². The second-order valence-electron chi connectivity index (χ2n) is 7.02. The quantitative estimate of drug-likeness (QED) is 0.687. The van der Waals surface area contributed by atoms with Gasteiger partial charge in [0, 0.05) is 11.8 Å². The summed E-state index contributed by atoms with van der Waals surface area (Å²) in [5.41, 5.74) is 3.21. The van der Waals surface area contributed by atoms with Gasteiger partial charge in [-0.15, -0.1) is 0 Å². The van der Waals surface area contributed by atoms with Crippen molar-refractivity contribution in [2.75, 3.05) is 6.61 Å². The van der Waals surface area contributed by atoms with Gasteiger partial charge in [-0.1, -0.05) is 105 Å². The summed E-state index contributed by atoms with van der Waals surface area (Å²) in [5, 5.41) is 19.0. The molecule has 2 nitrogen and oxygen atoms in total. The number of rotatable bonds is 5. The maximum absolute atomic E-state index is 9.97. The molecule has 0 aromatic heterocycles. The SMILES string of the molecule is CC(C)(CO)c1ccccc1.OC(Cc1ccccc1)c1ccccc1. The molecule has 0 heterocycles. The summed E-state index contributed by atoms with van der Waals surface area (Å²) in [7, 11) is 0. The van der Waals surface area contributed by atoms with Gasteiger partial charge < -0.3 is 10.2 Å². The van der Waals surface area contributed by atoms with Gasteiger partial charge in [-0.05, 0) is 16.7 Å². The number of aliphatic hydroxyl groups excluding tert-OH is 2. The van der Waals surface area contributed by atoms with Crippen LogP contribution in [0.2, 0.25) is 0 Å².